The number of nitrogens with zero attached hydrogens (tertiary/aromatic N) is 1. The van der Waals surface area contributed by atoms with E-state index in [0.29, 0.717) is 10.6 Å². The number of rotatable bonds is 2. The van der Waals surface area contributed by atoms with Gasteiger partial charge in [0, 0.05) is 15.7 Å². The molecule has 1 unspecified atom stereocenters. The van der Waals surface area contributed by atoms with E-state index in [4.69, 9.17) is 17.3 Å². The number of aromatic nitrogens is 1. The summed E-state index contributed by atoms with van der Waals surface area (Å²) in [4.78, 5) is 3.78. The Labute approximate surface area is 112 Å². The maximum atomic E-state index is 13.1. The van der Waals surface area contributed by atoms with Crippen molar-refractivity contribution in [3.05, 3.63) is 63.1 Å². The summed E-state index contributed by atoms with van der Waals surface area (Å²) < 4.78 is 13.9. The maximum Gasteiger partial charge on any atom is 0.141 e. The van der Waals surface area contributed by atoms with Crippen LogP contribution in [-0.2, 0) is 0 Å². The molecule has 1 aromatic heterocycles. The van der Waals surface area contributed by atoms with Gasteiger partial charge in [-0.25, -0.2) is 4.39 Å². The van der Waals surface area contributed by atoms with Crippen LogP contribution in [0.2, 0.25) is 5.02 Å². The van der Waals surface area contributed by atoms with Gasteiger partial charge in [0.15, 0.2) is 0 Å². The third kappa shape index (κ3) is 2.83. The molecular formula is C12H9BrClFN2. The van der Waals surface area contributed by atoms with E-state index in [-0.39, 0.29) is 0 Å². The van der Waals surface area contributed by atoms with Crippen LogP contribution < -0.4 is 5.73 Å². The molecule has 0 saturated heterocycles. The first kappa shape index (κ1) is 12.5. The van der Waals surface area contributed by atoms with Crippen LogP contribution in [0.3, 0.4) is 0 Å². The molecular weight excluding hydrogens is 307 g/mol. The summed E-state index contributed by atoms with van der Waals surface area (Å²) in [6.45, 7) is 0. The van der Waals surface area contributed by atoms with Gasteiger partial charge in [-0.3, -0.25) is 4.98 Å². The molecule has 0 saturated carbocycles. The van der Waals surface area contributed by atoms with Crippen molar-refractivity contribution < 1.29 is 4.39 Å². The largest absolute Gasteiger partial charge is 0.320 e. The number of hydrogen-bond acceptors (Lipinski definition) is 2. The summed E-state index contributed by atoms with van der Waals surface area (Å²) in [5.41, 5.74) is 7.51. The van der Waals surface area contributed by atoms with Gasteiger partial charge in [0.1, 0.15) is 5.82 Å². The smallest absolute Gasteiger partial charge is 0.141 e. The quantitative estimate of drug-likeness (QED) is 0.918. The fourth-order valence-electron chi connectivity index (χ4n) is 1.53. The third-order valence-corrected chi connectivity index (χ3v) is 3.30. The van der Waals surface area contributed by atoms with Crippen LogP contribution in [0.1, 0.15) is 17.2 Å². The van der Waals surface area contributed by atoms with E-state index in [2.05, 4.69) is 20.9 Å². The third-order valence-electron chi connectivity index (χ3n) is 2.38. The molecule has 1 heterocycles. The molecule has 0 radical (unpaired) electrons. The van der Waals surface area contributed by atoms with E-state index in [1.54, 1.807) is 18.3 Å². The van der Waals surface area contributed by atoms with E-state index in [1.165, 1.54) is 6.07 Å². The van der Waals surface area contributed by atoms with Crippen molar-refractivity contribution >= 4 is 27.5 Å². The normalized spacial score (nSPS) is 12.5. The van der Waals surface area contributed by atoms with Gasteiger partial charge in [-0.2, -0.15) is 0 Å². The zero-order valence-corrected chi connectivity index (χ0v) is 11.0. The SMILES string of the molecule is NC(c1cncc(F)c1)c1ccc(Cl)cc1Br. The van der Waals surface area contributed by atoms with Gasteiger partial charge in [0.2, 0.25) is 0 Å². The zero-order valence-electron chi connectivity index (χ0n) is 8.70. The van der Waals surface area contributed by atoms with Crippen LogP contribution in [0, 0.1) is 5.82 Å². The average Bonchev–Trinajstić information content (AvgIpc) is 2.28. The van der Waals surface area contributed by atoms with Crippen molar-refractivity contribution in [2.24, 2.45) is 5.73 Å². The van der Waals surface area contributed by atoms with E-state index in [9.17, 15) is 4.39 Å². The van der Waals surface area contributed by atoms with Gasteiger partial charge in [-0.15, -0.1) is 0 Å². The van der Waals surface area contributed by atoms with Crippen molar-refractivity contribution in [1.82, 2.24) is 4.98 Å². The Morgan fingerprint density at radius 1 is 1.29 bits per heavy atom. The molecule has 88 valence electrons. The lowest BCUT2D eigenvalue weighted by Gasteiger charge is -2.14. The minimum Gasteiger partial charge on any atom is -0.320 e. The summed E-state index contributed by atoms with van der Waals surface area (Å²) in [5.74, 6) is -0.400. The molecule has 2 N–H and O–H groups in total. The van der Waals surface area contributed by atoms with E-state index < -0.39 is 11.9 Å². The van der Waals surface area contributed by atoms with Crippen LogP contribution >= 0.6 is 27.5 Å². The molecule has 2 rings (SSSR count). The fourth-order valence-corrected chi connectivity index (χ4v) is 2.46. The standard InChI is InChI=1S/C12H9BrClFN2/c13-11-4-8(14)1-2-10(11)12(16)7-3-9(15)6-17-5-7/h1-6,12H,16H2. The highest BCUT2D eigenvalue weighted by Gasteiger charge is 2.13. The molecule has 17 heavy (non-hydrogen) atoms. The number of hydrogen-bond donors (Lipinski definition) is 1. The van der Waals surface area contributed by atoms with Gasteiger partial charge in [0.25, 0.3) is 0 Å². The molecule has 5 heteroatoms. The van der Waals surface area contributed by atoms with Crippen molar-refractivity contribution in [3.63, 3.8) is 0 Å². The molecule has 0 fully saturated rings. The number of benzene rings is 1. The minimum atomic E-state index is -0.440. The minimum absolute atomic E-state index is 0.400. The first-order chi connectivity index (χ1) is 8.08. The van der Waals surface area contributed by atoms with Gasteiger partial charge < -0.3 is 5.73 Å². The van der Waals surface area contributed by atoms with Gasteiger partial charge >= 0.3 is 0 Å². The predicted octanol–water partition coefficient (Wildman–Crippen LogP) is 3.68. The molecule has 0 aliphatic heterocycles. The van der Waals surface area contributed by atoms with Crippen molar-refractivity contribution in [2.45, 2.75) is 6.04 Å². The molecule has 0 amide bonds. The number of pyridine rings is 1. The highest BCUT2D eigenvalue weighted by molar-refractivity contribution is 9.10. The van der Waals surface area contributed by atoms with Crippen LogP contribution in [-0.4, -0.2) is 4.98 Å². The summed E-state index contributed by atoms with van der Waals surface area (Å²) in [6, 6.07) is 6.24. The Balaban J connectivity index is 2.40. The molecule has 2 nitrogen and oxygen atoms in total. The second kappa shape index (κ2) is 5.12. The Bertz CT molecular complexity index is 548. The molecule has 0 bridgehead atoms. The summed E-state index contributed by atoms with van der Waals surface area (Å²) >= 11 is 9.23. The lowest BCUT2D eigenvalue weighted by molar-refractivity contribution is 0.616. The Kier molecular flexibility index (Phi) is 3.76. The Hall–Kier alpha value is -0.970. The topological polar surface area (TPSA) is 38.9 Å². The first-order valence-corrected chi connectivity index (χ1v) is 6.06. The summed E-state index contributed by atoms with van der Waals surface area (Å²) in [7, 11) is 0. The van der Waals surface area contributed by atoms with Gasteiger partial charge in [-0.05, 0) is 29.3 Å². The van der Waals surface area contributed by atoms with Gasteiger partial charge in [0.05, 0.1) is 12.2 Å². The highest BCUT2D eigenvalue weighted by Crippen LogP contribution is 2.29. The van der Waals surface area contributed by atoms with E-state index in [0.717, 1.165) is 16.2 Å². The Morgan fingerprint density at radius 2 is 2.06 bits per heavy atom. The van der Waals surface area contributed by atoms with Crippen LogP contribution in [0.5, 0.6) is 0 Å². The molecule has 1 atom stereocenters. The highest BCUT2D eigenvalue weighted by atomic mass is 79.9. The summed E-state index contributed by atoms with van der Waals surface area (Å²) in [5, 5.41) is 0.616. The molecule has 2 aromatic rings. The summed E-state index contributed by atoms with van der Waals surface area (Å²) in [6.07, 6.45) is 2.70. The predicted molar refractivity (Wildman–Crippen MR) is 69.4 cm³/mol. The van der Waals surface area contributed by atoms with E-state index >= 15 is 0 Å². The molecule has 0 aliphatic rings. The second-order valence-electron chi connectivity index (χ2n) is 3.58. The van der Waals surface area contributed by atoms with E-state index in [1.807, 2.05) is 6.07 Å². The lowest BCUT2D eigenvalue weighted by atomic mass is 10.0. The second-order valence-corrected chi connectivity index (χ2v) is 4.87. The lowest BCUT2D eigenvalue weighted by Crippen LogP contribution is -2.13. The maximum absolute atomic E-state index is 13.1. The van der Waals surface area contributed by atoms with Crippen molar-refractivity contribution in [2.75, 3.05) is 0 Å². The molecule has 0 spiro atoms. The monoisotopic (exact) mass is 314 g/mol. The average molecular weight is 316 g/mol. The first-order valence-electron chi connectivity index (χ1n) is 4.89. The van der Waals surface area contributed by atoms with Crippen molar-refractivity contribution in [1.29, 1.82) is 0 Å². The van der Waals surface area contributed by atoms with Crippen LogP contribution in [0.4, 0.5) is 4.39 Å². The number of halogens is 3. The van der Waals surface area contributed by atoms with Crippen LogP contribution in [0.25, 0.3) is 0 Å². The van der Waals surface area contributed by atoms with Crippen LogP contribution in [0.15, 0.2) is 41.1 Å². The Morgan fingerprint density at radius 3 is 2.71 bits per heavy atom. The zero-order chi connectivity index (χ0) is 12.4. The van der Waals surface area contributed by atoms with Gasteiger partial charge in [-0.1, -0.05) is 33.6 Å². The molecule has 1 aromatic carbocycles. The molecule has 0 aliphatic carbocycles. The number of nitrogens with two attached hydrogens (primary N) is 1. The van der Waals surface area contributed by atoms with Crippen molar-refractivity contribution in [3.8, 4) is 0 Å². The fraction of sp³-hybridized carbons (Fsp3) is 0.0833.